The third-order valence-electron chi connectivity index (χ3n) is 6.00. The van der Waals surface area contributed by atoms with Crippen molar-refractivity contribution < 1.29 is 9.53 Å². The number of carbonyl (C=O) groups is 1. The number of carbonyl (C=O) groups excluding carboxylic acids is 1. The third-order valence-corrected chi connectivity index (χ3v) is 6.00. The Morgan fingerprint density at radius 2 is 1.85 bits per heavy atom. The molecular formula is C27H32N4O2. The Labute approximate surface area is 195 Å². The number of nitrogens with one attached hydrogen (secondary N) is 1. The summed E-state index contributed by atoms with van der Waals surface area (Å²) in [6, 6.07) is 19.5. The predicted molar refractivity (Wildman–Crippen MR) is 133 cm³/mol. The Morgan fingerprint density at radius 1 is 1.12 bits per heavy atom. The van der Waals surface area contributed by atoms with Gasteiger partial charge < -0.3 is 20.7 Å². The van der Waals surface area contributed by atoms with Crippen molar-refractivity contribution in [2.75, 3.05) is 24.1 Å². The van der Waals surface area contributed by atoms with Crippen LogP contribution in [0.5, 0.6) is 11.5 Å². The molecule has 1 saturated heterocycles. The van der Waals surface area contributed by atoms with E-state index in [2.05, 4.69) is 10.3 Å². The van der Waals surface area contributed by atoms with Crippen molar-refractivity contribution in [2.24, 2.45) is 11.8 Å². The largest absolute Gasteiger partial charge is 0.457 e. The number of nitrogens with two attached hydrogens (primary N) is 1. The summed E-state index contributed by atoms with van der Waals surface area (Å²) < 4.78 is 5.88. The average molecular weight is 445 g/mol. The van der Waals surface area contributed by atoms with Crippen LogP contribution in [-0.4, -0.2) is 28.9 Å². The van der Waals surface area contributed by atoms with Gasteiger partial charge in [0.15, 0.2) is 0 Å². The van der Waals surface area contributed by atoms with Gasteiger partial charge in [0.1, 0.15) is 17.3 Å². The van der Waals surface area contributed by atoms with Crippen molar-refractivity contribution >= 4 is 23.1 Å². The first-order chi connectivity index (χ1) is 16.0. The highest BCUT2D eigenvalue weighted by Gasteiger charge is 2.26. The fourth-order valence-corrected chi connectivity index (χ4v) is 4.32. The van der Waals surface area contributed by atoms with Gasteiger partial charge in [-0.2, -0.15) is 0 Å². The molecule has 1 amide bonds. The van der Waals surface area contributed by atoms with Gasteiger partial charge in [-0.3, -0.25) is 4.79 Å². The number of rotatable bonds is 7. The molecule has 33 heavy (non-hydrogen) atoms. The number of pyridine rings is 1. The number of anilines is 3. The molecular weight excluding hydrogens is 412 g/mol. The van der Waals surface area contributed by atoms with Gasteiger partial charge in [-0.25, -0.2) is 4.98 Å². The lowest BCUT2D eigenvalue weighted by Crippen LogP contribution is -2.42. The molecule has 6 nitrogen and oxygen atoms in total. The molecule has 3 N–H and O–H groups in total. The van der Waals surface area contributed by atoms with Gasteiger partial charge in [0.25, 0.3) is 0 Å². The lowest BCUT2D eigenvalue weighted by atomic mass is 9.90. The van der Waals surface area contributed by atoms with E-state index in [1.54, 1.807) is 6.20 Å². The fraction of sp³-hybridized carbons (Fsp3) is 0.333. The van der Waals surface area contributed by atoms with Crippen molar-refractivity contribution in [3.63, 3.8) is 0 Å². The first-order valence-electron chi connectivity index (χ1n) is 11.6. The van der Waals surface area contributed by atoms with Crippen LogP contribution < -0.4 is 15.8 Å². The number of amides is 1. The van der Waals surface area contributed by atoms with Gasteiger partial charge in [0, 0.05) is 30.9 Å². The van der Waals surface area contributed by atoms with Gasteiger partial charge in [0.05, 0.1) is 5.69 Å². The second-order valence-corrected chi connectivity index (χ2v) is 8.95. The number of hydrogen-bond acceptors (Lipinski definition) is 5. The minimum atomic E-state index is 0.0337. The number of likely N-dealkylation sites (tertiary alicyclic amines) is 1. The first-order valence-corrected chi connectivity index (χ1v) is 11.6. The van der Waals surface area contributed by atoms with Crippen LogP contribution >= 0.6 is 0 Å². The zero-order valence-electron chi connectivity index (χ0n) is 19.3. The summed E-state index contributed by atoms with van der Waals surface area (Å²) in [5.41, 5.74) is 9.13. The molecule has 3 aromatic rings. The van der Waals surface area contributed by atoms with E-state index in [4.69, 9.17) is 10.5 Å². The number of hydrogen-bond donors (Lipinski definition) is 2. The lowest BCUT2D eigenvalue weighted by Gasteiger charge is -2.34. The first kappa shape index (κ1) is 22.6. The number of nitrogens with zero attached hydrogens (tertiary/aromatic N) is 2. The molecule has 2 aromatic carbocycles. The molecule has 172 valence electrons. The molecule has 1 aliphatic rings. The van der Waals surface area contributed by atoms with Gasteiger partial charge in [-0.05, 0) is 73.2 Å². The van der Waals surface area contributed by atoms with Crippen LogP contribution in [0.2, 0.25) is 0 Å². The maximum Gasteiger partial charge on any atom is 0.225 e. The number of nitrogen functional groups attached to an aromatic ring is 1. The minimum absolute atomic E-state index is 0.0337. The smallest absolute Gasteiger partial charge is 0.225 e. The topological polar surface area (TPSA) is 80.5 Å². The van der Waals surface area contributed by atoms with Gasteiger partial charge in [-0.15, -0.1) is 0 Å². The number of piperidine rings is 1. The molecule has 0 spiro atoms. The van der Waals surface area contributed by atoms with Crippen LogP contribution in [0.3, 0.4) is 0 Å². The minimum Gasteiger partial charge on any atom is -0.457 e. The maximum absolute atomic E-state index is 12.5. The highest BCUT2D eigenvalue weighted by molar-refractivity contribution is 5.78. The SMILES string of the molecule is CC(C)C(=O)N1CCC[C@@H](Cc2ccnc(N)c2Nc2ccc(Oc3ccccc3)cc2)C1. The molecule has 6 heteroatoms. The zero-order valence-corrected chi connectivity index (χ0v) is 19.3. The number of para-hydroxylation sites is 1. The van der Waals surface area contributed by atoms with E-state index in [-0.39, 0.29) is 11.8 Å². The van der Waals surface area contributed by atoms with Gasteiger partial charge in [0.2, 0.25) is 5.91 Å². The summed E-state index contributed by atoms with van der Waals surface area (Å²) in [5.74, 6) is 2.72. The van der Waals surface area contributed by atoms with Crippen molar-refractivity contribution in [3.8, 4) is 11.5 Å². The summed E-state index contributed by atoms with van der Waals surface area (Å²) in [6.45, 7) is 5.58. The van der Waals surface area contributed by atoms with E-state index in [0.29, 0.717) is 11.7 Å². The Balaban J connectivity index is 1.45. The van der Waals surface area contributed by atoms with E-state index in [9.17, 15) is 4.79 Å². The highest BCUT2D eigenvalue weighted by Crippen LogP contribution is 2.31. The average Bonchev–Trinajstić information content (AvgIpc) is 2.83. The molecule has 0 radical (unpaired) electrons. The van der Waals surface area contributed by atoms with Crippen LogP contribution in [0.1, 0.15) is 32.3 Å². The van der Waals surface area contributed by atoms with Crippen molar-refractivity contribution in [2.45, 2.75) is 33.1 Å². The highest BCUT2D eigenvalue weighted by atomic mass is 16.5. The number of aromatic nitrogens is 1. The second-order valence-electron chi connectivity index (χ2n) is 8.95. The zero-order chi connectivity index (χ0) is 23.2. The summed E-state index contributed by atoms with van der Waals surface area (Å²) in [7, 11) is 0. The summed E-state index contributed by atoms with van der Waals surface area (Å²) >= 11 is 0. The Hall–Kier alpha value is -3.54. The summed E-state index contributed by atoms with van der Waals surface area (Å²) in [5, 5.41) is 3.45. The molecule has 0 aliphatic carbocycles. The monoisotopic (exact) mass is 444 g/mol. The molecule has 1 fully saturated rings. The third kappa shape index (κ3) is 5.83. The Kier molecular flexibility index (Phi) is 7.13. The molecule has 0 saturated carbocycles. The second kappa shape index (κ2) is 10.4. The van der Waals surface area contributed by atoms with E-state index in [0.717, 1.165) is 60.8 Å². The van der Waals surface area contributed by atoms with Gasteiger partial charge >= 0.3 is 0 Å². The molecule has 2 heterocycles. The van der Waals surface area contributed by atoms with Crippen LogP contribution in [0.4, 0.5) is 17.2 Å². The normalized spacial score (nSPS) is 16.0. The van der Waals surface area contributed by atoms with E-state index in [1.807, 2.05) is 79.4 Å². The van der Waals surface area contributed by atoms with Crippen LogP contribution in [-0.2, 0) is 11.2 Å². The molecule has 0 unspecified atom stereocenters. The van der Waals surface area contributed by atoms with E-state index < -0.39 is 0 Å². The van der Waals surface area contributed by atoms with E-state index in [1.165, 1.54) is 0 Å². The van der Waals surface area contributed by atoms with Crippen LogP contribution in [0, 0.1) is 11.8 Å². The predicted octanol–water partition coefficient (Wildman–Crippen LogP) is 5.64. The van der Waals surface area contributed by atoms with Crippen LogP contribution in [0.15, 0.2) is 66.9 Å². The molecule has 4 rings (SSSR count). The standard InChI is InChI=1S/C27H32N4O2/c1-19(2)27(32)31-16-6-7-20(18-31)17-21-14-15-29-26(28)25(21)30-22-10-12-24(13-11-22)33-23-8-4-3-5-9-23/h3-5,8-15,19-20,30H,6-7,16-18H2,1-2H3,(H2,28,29)/t20-/m0/s1. The lowest BCUT2D eigenvalue weighted by molar-refractivity contribution is -0.136. The molecule has 1 atom stereocenters. The van der Waals surface area contributed by atoms with Crippen molar-refractivity contribution in [1.29, 1.82) is 0 Å². The fourth-order valence-electron chi connectivity index (χ4n) is 4.32. The van der Waals surface area contributed by atoms with Gasteiger partial charge in [-0.1, -0.05) is 32.0 Å². The summed E-state index contributed by atoms with van der Waals surface area (Å²) in [6.07, 6.45) is 4.75. The van der Waals surface area contributed by atoms with Crippen molar-refractivity contribution in [1.82, 2.24) is 9.88 Å². The molecule has 1 aliphatic heterocycles. The Bertz CT molecular complexity index is 1070. The van der Waals surface area contributed by atoms with E-state index >= 15 is 0 Å². The Morgan fingerprint density at radius 3 is 2.58 bits per heavy atom. The molecule has 0 bridgehead atoms. The number of ether oxygens (including phenoxy) is 1. The number of benzene rings is 2. The quantitative estimate of drug-likeness (QED) is 0.493. The molecule has 1 aromatic heterocycles. The van der Waals surface area contributed by atoms with Crippen LogP contribution in [0.25, 0.3) is 0 Å². The van der Waals surface area contributed by atoms with Crippen molar-refractivity contribution in [3.05, 3.63) is 72.4 Å². The maximum atomic E-state index is 12.5. The summed E-state index contributed by atoms with van der Waals surface area (Å²) in [4.78, 5) is 18.8.